The third-order valence-electron chi connectivity index (χ3n) is 2.72. The van der Waals surface area contributed by atoms with Gasteiger partial charge < -0.3 is 14.2 Å². The number of ether oxygens (including phenoxy) is 3. The maximum absolute atomic E-state index is 5.70. The van der Waals surface area contributed by atoms with Crippen molar-refractivity contribution >= 4 is 17.3 Å². The van der Waals surface area contributed by atoms with Gasteiger partial charge in [-0.05, 0) is 24.7 Å². The van der Waals surface area contributed by atoms with Gasteiger partial charge in [-0.2, -0.15) is 0 Å². The molecular formula is C13H16O3S. The van der Waals surface area contributed by atoms with Crippen LogP contribution in [0.2, 0.25) is 0 Å². The van der Waals surface area contributed by atoms with Crippen molar-refractivity contribution in [3.05, 3.63) is 35.9 Å². The summed E-state index contributed by atoms with van der Waals surface area (Å²) in [4.78, 5) is 0. The molecule has 1 atom stereocenters. The van der Waals surface area contributed by atoms with Crippen LogP contribution >= 0.6 is 12.2 Å². The van der Waals surface area contributed by atoms with Crippen LogP contribution in [0.25, 0.3) is 0 Å². The molecule has 0 radical (unpaired) electrons. The van der Waals surface area contributed by atoms with Crippen molar-refractivity contribution in [1.82, 2.24) is 0 Å². The number of thiocarbonyl (C=S) groups is 1. The Kier molecular flexibility index (Phi) is 3.76. The quantitative estimate of drug-likeness (QED) is 0.773. The second-order valence-corrected chi connectivity index (χ2v) is 4.69. The van der Waals surface area contributed by atoms with E-state index >= 15 is 0 Å². The van der Waals surface area contributed by atoms with Gasteiger partial charge >= 0.3 is 0 Å². The van der Waals surface area contributed by atoms with Crippen LogP contribution in [0.15, 0.2) is 30.3 Å². The smallest absolute Gasteiger partial charge is 0.207 e. The Morgan fingerprint density at radius 1 is 1.29 bits per heavy atom. The Hall–Kier alpha value is -0.970. The van der Waals surface area contributed by atoms with E-state index in [0.717, 1.165) is 5.56 Å². The molecule has 0 bridgehead atoms. The maximum Gasteiger partial charge on any atom is 0.207 e. The average Bonchev–Trinajstić information content (AvgIpc) is 2.75. The summed E-state index contributed by atoms with van der Waals surface area (Å²) >= 11 is 5.02. The first-order valence-corrected chi connectivity index (χ1v) is 6.03. The molecule has 3 nitrogen and oxygen atoms in total. The first-order valence-electron chi connectivity index (χ1n) is 5.62. The van der Waals surface area contributed by atoms with Crippen LogP contribution in [0.5, 0.6) is 0 Å². The summed E-state index contributed by atoms with van der Waals surface area (Å²) in [6.45, 7) is 4.80. The molecule has 0 amide bonds. The molecule has 1 unspecified atom stereocenters. The van der Waals surface area contributed by atoms with E-state index in [2.05, 4.69) is 0 Å². The summed E-state index contributed by atoms with van der Waals surface area (Å²) in [5, 5.41) is 0.485. The molecule has 2 rings (SSSR count). The Morgan fingerprint density at radius 3 is 2.41 bits per heavy atom. The molecule has 0 aromatic heterocycles. The zero-order chi connectivity index (χ0) is 12.3. The summed E-state index contributed by atoms with van der Waals surface area (Å²) in [6, 6.07) is 9.85. The van der Waals surface area contributed by atoms with E-state index in [1.54, 1.807) is 6.92 Å². The molecule has 1 aliphatic rings. The van der Waals surface area contributed by atoms with E-state index in [4.69, 9.17) is 26.4 Å². The van der Waals surface area contributed by atoms with Gasteiger partial charge in [-0.25, -0.2) is 0 Å². The first-order chi connectivity index (χ1) is 8.12. The highest BCUT2D eigenvalue weighted by Crippen LogP contribution is 2.36. The third-order valence-corrected chi connectivity index (χ3v) is 2.82. The molecule has 1 heterocycles. The zero-order valence-corrected chi connectivity index (χ0v) is 10.8. The van der Waals surface area contributed by atoms with Gasteiger partial charge in [-0.1, -0.05) is 30.3 Å². The predicted octanol–water partition coefficient (Wildman–Crippen LogP) is 2.85. The fraction of sp³-hybridized carbons (Fsp3) is 0.462. The molecule has 92 valence electrons. The molecule has 1 aromatic rings. The fourth-order valence-corrected chi connectivity index (χ4v) is 2.05. The van der Waals surface area contributed by atoms with E-state index in [1.165, 1.54) is 0 Å². The van der Waals surface area contributed by atoms with Gasteiger partial charge in [0.1, 0.15) is 0 Å². The van der Waals surface area contributed by atoms with Crippen LogP contribution in [0.1, 0.15) is 25.5 Å². The predicted molar refractivity (Wildman–Crippen MR) is 68.8 cm³/mol. The fourth-order valence-electron chi connectivity index (χ4n) is 1.95. The lowest BCUT2D eigenvalue weighted by Crippen LogP contribution is -2.36. The van der Waals surface area contributed by atoms with Crippen molar-refractivity contribution in [2.45, 2.75) is 25.7 Å². The highest BCUT2D eigenvalue weighted by atomic mass is 32.1. The Bertz CT molecular complexity index is 385. The lowest BCUT2D eigenvalue weighted by atomic mass is 10.0. The lowest BCUT2D eigenvalue weighted by molar-refractivity contribution is -0.204. The van der Waals surface area contributed by atoms with E-state index in [-0.39, 0.29) is 6.10 Å². The second kappa shape index (κ2) is 5.12. The first kappa shape index (κ1) is 12.5. The molecule has 0 aliphatic carbocycles. The summed E-state index contributed by atoms with van der Waals surface area (Å²) in [6.07, 6.45) is -0.330. The molecular weight excluding hydrogens is 236 g/mol. The van der Waals surface area contributed by atoms with Gasteiger partial charge in [-0.3, -0.25) is 0 Å². The standard InChI is InChI=1S/C13H16O3S/c1-10(17)16-12(11-6-4-3-5-7-11)13(2)14-8-9-15-13/h3-7,12H,8-9H2,1-2H3. The van der Waals surface area contributed by atoms with E-state index in [0.29, 0.717) is 18.3 Å². The largest absolute Gasteiger partial charge is 0.474 e. The number of rotatable bonds is 3. The molecule has 1 aliphatic heterocycles. The topological polar surface area (TPSA) is 27.7 Å². The molecule has 1 saturated heterocycles. The van der Waals surface area contributed by atoms with Gasteiger partial charge in [0.05, 0.1) is 13.2 Å². The van der Waals surface area contributed by atoms with Crippen LogP contribution < -0.4 is 0 Å². The van der Waals surface area contributed by atoms with Crippen LogP contribution in [0.4, 0.5) is 0 Å². The Labute approximate surface area is 107 Å². The second-order valence-electron chi connectivity index (χ2n) is 4.11. The van der Waals surface area contributed by atoms with Gasteiger partial charge in [-0.15, -0.1) is 0 Å². The van der Waals surface area contributed by atoms with Crippen molar-refractivity contribution in [3.63, 3.8) is 0 Å². The van der Waals surface area contributed by atoms with Gasteiger partial charge in [0.15, 0.2) is 11.2 Å². The van der Waals surface area contributed by atoms with E-state index in [9.17, 15) is 0 Å². The molecule has 0 saturated carbocycles. The SMILES string of the molecule is CC(=S)OC(c1ccccc1)C1(C)OCCO1. The molecule has 1 fully saturated rings. The zero-order valence-electron chi connectivity index (χ0n) is 10.0. The van der Waals surface area contributed by atoms with Crippen molar-refractivity contribution < 1.29 is 14.2 Å². The minimum absolute atomic E-state index is 0.330. The Balaban J connectivity index is 2.28. The lowest BCUT2D eigenvalue weighted by Gasteiger charge is -2.32. The van der Waals surface area contributed by atoms with Crippen molar-refractivity contribution in [3.8, 4) is 0 Å². The maximum atomic E-state index is 5.70. The van der Waals surface area contributed by atoms with Crippen LogP contribution in [0, 0.1) is 0 Å². The van der Waals surface area contributed by atoms with Crippen molar-refractivity contribution in [2.24, 2.45) is 0 Å². The minimum Gasteiger partial charge on any atom is -0.474 e. The monoisotopic (exact) mass is 252 g/mol. The van der Waals surface area contributed by atoms with E-state index in [1.807, 2.05) is 37.3 Å². The van der Waals surface area contributed by atoms with E-state index < -0.39 is 5.79 Å². The van der Waals surface area contributed by atoms with Crippen molar-refractivity contribution in [2.75, 3.05) is 13.2 Å². The summed E-state index contributed by atoms with van der Waals surface area (Å²) in [5.41, 5.74) is 1.00. The van der Waals surface area contributed by atoms with Crippen LogP contribution in [0.3, 0.4) is 0 Å². The molecule has 0 spiro atoms. The highest BCUT2D eigenvalue weighted by molar-refractivity contribution is 7.80. The minimum atomic E-state index is -0.762. The molecule has 0 N–H and O–H groups in total. The van der Waals surface area contributed by atoms with Crippen LogP contribution in [-0.4, -0.2) is 24.1 Å². The molecule has 4 heteroatoms. The number of benzene rings is 1. The normalized spacial score (nSPS) is 19.9. The molecule has 17 heavy (non-hydrogen) atoms. The third kappa shape index (κ3) is 2.83. The Morgan fingerprint density at radius 2 is 1.88 bits per heavy atom. The van der Waals surface area contributed by atoms with Crippen molar-refractivity contribution in [1.29, 1.82) is 0 Å². The summed E-state index contributed by atoms with van der Waals surface area (Å²) in [5.74, 6) is -0.762. The van der Waals surface area contributed by atoms with Gasteiger partial charge in [0, 0.05) is 6.92 Å². The molecule has 1 aromatic carbocycles. The average molecular weight is 252 g/mol. The van der Waals surface area contributed by atoms with Gasteiger partial charge in [0.2, 0.25) is 5.79 Å². The van der Waals surface area contributed by atoms with Gasteiger partial charge in [0.25, 0.3) is 0 Å². The summed E-state index contributed by atoms with van der Waals surface area (Å²) < 4.78 is 17.0. The number of hydrogen-bond acceptors (Lipinski definition) is 4. The highest BCUT2D eigenvalue weighted by Gasteiger charge is 2.42. The number of hydrogen-bond donors (Lipinski definition) is 0. The summed E-state index contributed by atoms with van der Waals surface area (Å²) in [7, 11) is 0. The van der Waals surface area contributed by atoms with Crippen LogP contribution in [-0.2, 0) is 14.2 Å².